The van der Waals surface area contributed by atoms with Gasteiger partial charge in [-0.15, -0.1) is 0 Å². The number of methoxy groups -OCH3 is 1. The molecular formula is C26H22FN3O2. The molecule has 1 aliphatic heterocycles. The highest BCUT2D eigenvalue weighted by Crippen LogP contribution is 2.42. The number of H-pyrrole nitrogens is 1. The van der Waals surface area contributed by atoms with Crippen LogP contribution in [0.1, 0.15) is 33.2 Å². The van der Waals surface area contributed by atoms with Crippen molar-refractivity contribution >= 4 is 5.91 Å². The highest BCUT2D eigenvalue weighted by molar-refractivity contribution is 6.00. The average molecular weight is 427 g/mol. The van der Waals surface area contributed by atoms with E-state index in [1.54, 1.807) is 18.1 Å². The molecule has 1 amide bonds. The monoisotopic (exact) mass is 427 g/mol. The lowest BCUT2D eigenvalue weighted by Gasteiger charge is -2.26. The molecule has 5 rings (SSSR count). The first-order valence-corrected chi connectivity index (χ1v) is 10.5. The van der Waals surface area contributed by atoms with Crippen molar-refractivity contribution in [3.8, 4) is 17.0 Å². The van der Waals surface area contributed by atoms with E-state index >= 15 is 0 Å². The fraction of sp³-hybridized carbons (Fsp3) is 0.154. The minimum absolute atomic E-state index is 0.127. The summed E-state index contributed by atoms with van der Waals surface area (Å²) in [6.07, 6.45) is 0.667. The summed E-state index contributed by atoms with van der Waals surface area (Å²) in [6, 6.07) is 23.6. The minimum atomic E-state index is -0.416. The van der Waals surface area contributed by atoms with Gasteiger partial charge in [-0.2, -0.15) is 5.10 Å². The Morgan fingerprint density at radius 1 is 1.03 bits per heavy atom. The van der Waals surface area contributed by atoms with E-state index in [1.807, 2.05) is 60.7 Å². The van der Waals surface area contributed by atoms with Gasteiger partial charge in [0.1, 0.15) is 17.3 Å². The number of benzene rings is 3. The zero-order valence-electron chi connectivity index (χ0n) is 17.6. The summed E-state index contributed by atoms with van der Waals surface area (Å²) in [5, 5.41) is 7.39. The van der Waals surface area contributed by atoms with Gasteiger partial charge in [0.25, 0.3) is 5.91 Å². The lowest BCUT2D eigenvalue weighted by Crippen LogP contribution is -2.31. The molecule has 1 N–H and O–H groups in total. The minimum Gasteiger partial charge on any atom is -0.497 e. The van der Waals surface area contributed by atoms with E-state index in [9.17, 15) is 9.18 Å². The van der Waals surface area contributed by atoms with Crippen LogP contribution in [0.25, 0.3) is 11.3 Å². The summed E-state index contributed by atoms with van der Waals surface area (Å²) in [6.45, 7) is 0.489. The van der Waals surface area contributed by atoms with Crippen molar-refractivity contribution in [3.63, 3.8) is 0 Å². The van der Waals surface area contributed by atoms with E-state index in [-0.39, 0.29) is 11.7 Å². The Morgan fingerprint density at radius 2 is 1.81 bits per heavy atom. The molecule has 4 aromatic rings. The van der Waals surface area contributed by atoms with Crippen LogP contribution in [0.5, 0.6) is 5.75 Å². The van der Waals surface area contributed by atoms with Gasteiger partial charge in [-0.1, -0.05) is 54.6 Å². The standard InChI is InChI=1S/C26H22FN3O2/c1-32-21-12-10-17(11-13-21)14-15-30-25(19-8-5-9-20(27)16-19)22-23(18-6-3-2-4-7-18)28-29-24(22)26(30)31/h2-13,16,25H,14-15H2,1H3,(H,28,29). The predicted octanol–water partition coefficient (Wildman–Crippen LogP) is 5.01. The summed E-state index contributed by atoms with van der Waals surface area (Å²) in [4.78, 5) is 15.2. The lowest BCUT2D eigenvalue weighted by atomic mass is 9.96. The van der Waals surface area contributed by atoms with Crippen molar-refractivity contribution in [3.05, 3.63) is 107 Å². The topological polar surface area (TPSA) is 58.2 Å². The van der Waals surface area contributed by atoms with Crippen LogP contribution in [-0.4, -0.2) is 34.7 Å². The Kier molecular flexibility index (Phi) is 5.19. The van der Waals surface area contributed by atoms with Crippen LogP contribution in [-0.2, 0) is 6.42 Å². The number of carbonyl (C=O) groups excluding carboxylic acids is 1. The number of nitrogens with zero attached hydrogens (tertiary/aromatic N) is 2. The van der Waals surface area contributed by atoms with Crippen LogP contribution in [0.2, 0.25) is 0 Å². The zero-order valence-corrected chi connectivity index (χ0v) is 17.6. The van der Waals surface area contributed by atoms with Gasteiger partial charge in [0.05, 0.1) is 18.8 Å². The molecule has 0 saturated carbocycles. The van der Waals surface area contributed by atoms with Crippen LogP contribution in [0.15, 0.2) is 78.9 Å². The van der Waals surface area contributed by atoms with Crippen molar-refractivity contribution in [2.24, 2.45) is 0 Å². The van der Waals surface area contributed by atoms with Crippen molar-refractivity contribution in [2.75, 3.05) is 13.7 Å². The Bertz CT molecular complexity index is 1250. The third-order valence-corrected chi connectivity index (χ3v) is 5.88. The summed E-state index contributed by atoms with van der Waals surface area (Å²) < 4.78 is 19.4. The molecule has 5 nitrogen and oxygen atoms in total. The van der Waals surface area contributed by atoms with E-state index in [4.69, 9.17) is 4.74 Å². The number of aromatic amines is 1. The fourth-order valence-electron chi connectivity index (χ4n) is 4.31. The maximum atomic E-state index is 14.2. The van der Waals surface area contributed by atoms with Gasteiger partial charge >= 0.3 is 0 Å². The predicted molar refractivity (Wildman–Crippen MR) is 120 cm³/mol. The van der Waals surface area contributed by atoms with E-state index in [1.165, 1.54) is 12.1 Å². The van der Waals surface area contributed by atoms with Crippen molar-refractivity contribution < 1.29 is 13.9 Å². The number of amides is 1. The maximum Gasteiger partial charge on any atom is 0.273 e. The highest BCUT2D eigenvalue weighted by atomic mass is 19.1. The Morgan fingerprint density at radius 3 is 2.53 bits per heavy atom. The van der Waals surface area contributed by atoms with E-state index in [0.29, 0.717) is 18.7 Å². The SMILES string of the molecule is COc1ccc(CCN2C(=O)c3[nH]nc(-c4ccccc4)c3C2c2cccc(F)c2)cc1. The number of rotatable bonds is 6. The second-order valence-electron chi connectivity index (χ2n) is 7.78. The van der Waals surface area contributed by atoms with Crippen LogP contribution in [0.4, 0.5) is 4.39 Å². The van der Waals surface area contributed by atoms with Crippen molar-refractivity contribution in [1.82, 2.24) is 15.1 Å². The molecule has 0 aliphatic carbocycles. The maximum absolute atomic E-state index is 14.2. The summed E-state index contributed by atoms with van der Waals surface area (Å²) >= 11 is 0. The number of carbonyl (C=O) groups is 1. The third-order valence-electron chi connectivity index (χ3n) is 5.88. The van der Waals surface area contributed by atoms with Gasteiger partial charge < -0.3 is 9.64 Å². The van der Waals surface area contributed by atoms with Crippen LogP contribution >= 0.6 is 0 Å². The molecule has 2 heterocycles. The first-order valence-electron chi connectivity index (χ1n) is 10.5. The van der Waals surface area contributed by atoms with Gasteiger partial charge in [-0.05, 0) is 41.8 Å². The molecule has 160 valence electrons. The molecule has 32 heavy (non-hydrogen) atoms. The normalized spacial score (nSPS) is 15.1. The molecule has 0 bridgehead atoms. The second-order valence-corrected chi connectivity index (χ2v) is 7.78. The molecule has 1 aromatic heterocycles. The number of ether oxygens (including phenoxy) is 1. The first-order chi connectivity index (χ1) is 15.7. The molecule has 0 spiro atoms. The van der Waals surface area contributed by atoms with Gasteiger partial charge in [-0.3, -0.25) is 9.89 Å². The number of aromatic nitrogens is 2. The summed E-state index contributed by atoms with van der Waals surface area (Å²) in [5.41, 5.74) is 4.71. The number of hydrogen-bond donors (Lipinski definition) is 1. The van der Waals surface area contributed by atoms with Gasteiger partial charge in [0, 0.05) is 17.7 Å². The smallest absolute Gasteiger partial charge is 0.273 e. The first kappa shape index (κ1) is 20.0. The Balaban J connectivity index is 1.53. The van der Waals surface area contributed by atoms with Crippen LogP contribution < -0.4 is 4.74 Å². The van der Waals surface area contributed by atoms with Crippen LogP contribution in [0, 0.1) is 5.82 Å². The summed E-state index contributed by atoms with van der Waals surface area (Å²) in [5.74, 6) is 0.331. The zero-order chi connectivity index (χ0) is 22.1. The number of nitrogens with one attached hydrogen (secondary N) is 1. The van der Waals surface area contributed by atoms with Gasteiger partial charge in [-0.25, -0.2) is 4.39 Å². The van der Waals surface area contributed by atoms with E-state index in [0.717, 1.165) is 33.7 Å². The Hall–Kier alpha value is -3.93. The van der Waals surface area contributed by atoms with Crippen LogP contribution in [0.3, 0.4) is 0 Å². The van der Waals surface area contributed by atoms with Crippen molar-refractivity contribution in [2.45, 2.75) is 12.5 Å². The molecule has 3 aromatic carbocycles. The van der Waals surface area contributed by atoms with Gasteiger partial charge in [0.15, 0.2) is 0 Å². The quantitative estimate of drug-likeness (QED) is 0.470. The molecule has 6 heteroatoms. The molecule has 1 aliphatic rings. The molecule has 1 atom stereocenters. The molecule has 0 saturated heterocycles. The second kappa shape index (κ2) is 8.30. The average Bonchev–Trinajstić information content (AvgIpc) is 3.37. The molecule has 0 radical (unpaired) electrons. The molecule has 1 unspecified atom stereocenters. The molecular weight excluding hydrogens is 405 g/mol. The largest absolute Gasteiger partial charge is 0.497 e. The van der Waals surface area contributed by atoms with E-state index < -0.39 is 6.04 Å². The van der Waals surface area contributed by atoms with Crippen molar-refractivity contribution in [1.29, 1.82) is 0 Å². The number of halogens is 1. The Labute approximate surface area is 185 Å². The summed E-state index contributed by atoms with van der Waals surface area (Å²) in [7, 11) is 1.63. The van der Waals surface area contributed by atoms with E-state index in [2.05, 4.69) is 10.2 Å². The lowest BCUT2D eigenvalue weighted by molar-refractivity contribution is 0.0745. The fourth-order valence-corrected chi connectivity index (χ4v) is 4.31. The number of fused-ring (bicyclic) bond motifs is 1. The van der Waals surface area contributed by atoms with Gasteiger partial charge in [0.2, 0.25) is 0 Å². The third kappa shape index (κ3) is 3.54. The number of hydrogen-bond acceptors (Lipinski definition) is 3. The highest BCUT2D eigenvalue weighted by Gasteiger charge is 2.42. The molecule has 0 fully saturated rings.